The molecule has 2 aromatic rings. The van der Waals surface area contributed by atoms with Crippen LogP contribution in [-0.4, -0.2) is 18.1 Å². The van der Waals surface area contributed by atoms with Crippen molar-refractivity contribution in [1.82, 2.24) is 4.98 Å². The van der Waals surface area contributed by atoms with E-state index in [0.29, 0.717) is 6.54 Å². The Labute approximate surface area is 102 Å². The van der Waals surface area contributed by atoms with Gasteiger partial charge in [-0.05, 0) is 45.0 Å². The molecular formula is C14H19N3. The van der Waals surface area contributed by atoms with Crippen LogP contribution in [0.5, 0.6) is 0 Å². The summed E-state index contributed by atoms with van der Waals surface area (Å²) in [7, 11) is 0. The fraction of sp³-hybridized carbons (Fsp3) is 0.357. The molecular weight excluding hydrogens is 210 g/mol. The number of pyridine rings is 1. The average molecular weight is 229 g/mol. The van der Waals surface area contributed by atoms with Gasteiger partial charge in [0.15, 0.2) is 0 Å². The number of nitrogens with one attached hydrogen (secondary N) is 1. The first kappa shape index (κ1) is 11.9. The molecule has 0 unspecified atom stereocenters. The summed E-state index contributed by atoms with van der Waals surface area (Å²) in [4.78, 5) is 4.54. The fourth-order valence-electron chi connectivity index (χ4n) is 1.94. The second-order valence-electron chi connectivity index (χ2n) is 4.40. The number of anilines is 1. The van der Waals surface area contributed by atoms with Crippen LogP contribution in [0.4, 0.5) is 5.69 Å². The summed E-state index contributed by atoms with van der Waals surface area (Å²) in [5.74, 6) is 0. The topological polar surface area (TPSA) is 50.9 Å². The average Bonchev–Trinajstić information content (AvgIpc) is 2.30. The highest BCUT2D eigenvalue weighted by molar-refractivity contribution is 5.91. The van der Waals surface area contributed by atoms with E-state index in [-0.39, 0.29) is 0 Å². The van der Waals surface area contributed by atoms with E-state index in [1.165, 1.54) is 10.9 Å². The molecule has 0 aliphatic carbocycles. The molecule has 3 nitrogen and oxygen atoms in total. The molecule has 0 saturated carbocycles. The summed E-state index contributed by atoms with van der Waals surface area (Å²) in [5, 5.41) is 4.62. The zero-order valence-electron chi connectivity index (χ0n) is 10.5. The van der Waals surface area contributed by atoms with Crippen molar-refractivity contribution in [2.45, 2.75) is 20.3 Å². The summed E-state index contributed by atoms with van der Waals surface area (Å²) in [6.07, 6.45) is 0.981. The molecule has 3 N–H and O–H groups in total. The van der Waals surface area contributed by atoms with Crippen LogP contribution < -0.4 is 11.1 Å². The van der Waals surface area contributed by atoms with Gasteiger partial charge in [0.2, 0.25) is 0 Å². The van der Waals surface area contributed by atoms with Gasteiger partial charge in [0, 0.05) is 23.3 Å². The Morgan fingerprint density at radius 1 is 1.24 bits per heavy atom. The Kier molecular flexibility index (Phi) is 3.59. The predicted octanol–water partition coefficient (Wildman–Crippen LogP) is 2.61. The molecule has 1 aromatic carbocycles. The van der Waals surface area contributed by atoms with E-state index < -0.39 is 0 Å². The molecule has 0 fully saturated rings. The van der Waals surface area contributed by atoms with Crippen molar-refractivity contribution in [2.75, 3.05) is 18.4 Å². The lowest BCUT2D eigenvalue weighted by Crippen LogP contribution is -2.09. The molecule has 0 aliphatic heterocycles. The third-order valence-electron chi connectivity index (χ3n) is 2.79. The minimum absolute atomic E-state index is 0.716. The first-order valence-corrected chi connectivity index (χ1v) is 6.02. The summed E-state index contributed by atoms with van der Waals surface area (Å²) >= 11 is 0. The van der Waals surface area contributed by atoms with E-state index in [1.807, 2.05) is 6.92 Å². The fourth-order valence-corrected chi connectivity index (χ4v) is 1.94. The Morgan fingerprint density at radius 2 is 2.06 bits per heavy atom. The molecule has 17 heavy (non-hydrogen) atoms. The number of nitrogens with two attached hydrogens (primary N) is 1. The second kappa shape index (κ2) is 5.15. The summed E-state index contributed by atoms with van der Waals surface area (Å²) < 4.78 is 0. The first-order valence-electron chi connectivity index (χ1n) is 6.02. The Hall–Kier alpha value is -1.61. The Balaban J connectivity index is 2.40. The highest BCUT2D eigenvalue weighted by Gasteiger charge is 2.03. The van der Waals surface area contributed by atoms with Gasteiger partial charge in [-0.3, -0.25) is 4.98 Å². The minimum Gasteiger partial charge on any atom is -0.384 e. The predicted molar refractivity (Wildman–Crippen MR) is 73.4 cm³/mol. The number of hydrogen-bond acceptors (Lipinski definition) is 3. The van der Waals surface area contributed by atoms with E-state index >= 15 is 0 Å². The van der Waals surface area contributed by atoms with Gasteiger partial charge >= 0.3 is 0 Å². The molecule has 0 atom stereocenters. The van der Waals surface area contributed by atoms with Crippen molar-refractivity contribution in [2.24, 2.45) is 5.73 Å². The maximum atomic E-state index is 5.51. The van der Waals surface area contributed by atoms with Gasteiger partial charge in [0.1, 0.15) is 0 Å². The van der Waals surface area contributed by atoms with E-state index in [9.17, 15) is 0 Å². The molecule has 1 aromatic heterocycles. The largest absolute Gasteiger partial charge is 0.384 e. The molecule has 0 aliphatic rings. The van der Waals surface area contributed by atoms with Crippen molar-refractivity contribution in [3.63, 3.8) is 0 Å². The van der Waals surface area contributed by atoms with Crippen molar-refractivity contribution in [3.8, 4) is 0 Å². The van der Waals surface area contributed by atoms with Gasteiger partial charge in [-0.1, -0.05) is 11.6 Å². The second-order valence-corrected chi connectivity index (χ2v) is 4.40. The zero-order valence-corrected chi connectivity index (χ0v) is 10.5. The molecule has 0 bridgehead atoms. The summed E-state index contributed by atoms with van der Waals surface area (Å²) in [5.41, 5.74) is 10.0. The standard InChI is InChI=1S/C14H19N3/c1-10-4-5-13-12(8-10)14(9-11(2)17-13)16-7-3-6-15/h4-5,8-9H,3,6-7,15H2,1-2H3,(H,16,17). The number of aryl methyl sites for hydroxylation is 2. The van der Waals surface area contributed by atoms with Crippen LogP contribution in [-0.2, 0) is 0 Å². The normalized spacial score (nSPS) is 10.8. The molecule has 0 radical (unpaired) electrons. The minimum atomic E-state index is 0.716. The molecule has 0 amide bonds. The quantitative estimate of drug-likeness (QED) is 0.792. The van der Waals surface area contributed by atoms with Crippen molar-refractivity contribution in [3.05, 3.63) is 35.5 Å². The van der Waals surface area contributed by atoms with Crippen LogP contribution in [0.2, 0.25) is 0 Å². The molecule has 90 valence electrons. The highest BCUT2D eigenvalue weighted by Crippen LogP contribution is 2.24. The third kappa shape index (κ3) is 2.74. The van der Waals surface area contributed by atoms with Crippen LogP contribution in [0.15, 0.2) is 24.3 Å². The molecule has 3 heteroatoms. The maximum Gasteiger partial charge on any atom is 0.0726 e. The van der Waals surface area contributed by atoms with Gasteiger partial charge in [-0.2, -0.15) is 0 Å². The number of benzene rings is 1. The SMILES string of the molecule is Cc1ccc2nc(C)cc(NCCCN)c2c1. The van der Waals surface area contributed by atoms with Crippen molar-refractivity contribution < 1.29 is 0 Å². The van der Waals surface area contributed by atoms with E-state index in [1.54, 1.807) is 0 Å². The van der Waals surface area contributed by atoms with Crippen molar-refractivity contribution >= 4 is 16.6 Å². The van der Waals surface area contributed by atoms with Gasteiger partial charge < -0.3 is 11.1 Å². The van der Waals surface area contributed by atoms with E-state index in [2.05, 4.69) is 41.5 Å². The number of hydrogen-bond donors (Lipinski definition) is 2. The van der Waals surface area contributed by atoms with Crippen LogP contribution >= 0.6 is 0 Å². The molecule has 2 rings (SSSR count). The Bertz CT molecular complexity index is 520. The van der Waals surface area contributed by atoms with Gasteiger partial charge in [-0.15, -0.1) is 0 Å². The smallest absolute Gasteiger partial charge is 0.0726 e. The number of fused-ring (bicyclic) bond motifs is 1. The van der Waals surface area contributed by atoms with Gasteiger partial charge in [0.25, 0.3) is 0 Å². The summed E-state index contributed by atoms with van der Waals surface area (Å²) in [6.45, 7) is 5.74. The van der Waals surface area contributed by atoms with Crippen LogP contribution in [0, 0.1) is 13.8 Å². The lowest BCUT2D eigenvalue weighted by Gasteiger charge is -2.10. The monoisotopic (exact) mass is 229 g/mol. The number of nitrogens with zero attached hydrogens (tertiary/aromatic N) is 1. The van der Waals surface area contributed by atoms with E-state index in [4.69, 9.17) is 5.73 Å². The summed E-state index contributed by atoms with van der Waals surface area (Å²) in [6, 6.07) is 8.44. The van der Waals surface area contributed by atoms with Crippen molar-refractivity contribution in [1.29, 1.82) is 0 Å². The first-order chi connectivity index (χ1) is 8.20. The van der Waals surface area contributed by atoms with Crippen LogP contribution in [0.25, 0.3) is 10.9 Å². The van der Waals surface area contributed by atoms with Crippen LogP contribution in [0.1, 0.15) is 17.7 Å². The third-order valence-corrected chi connectivity index (χ3v) is 2.79. The maximum absolute atomic E-state index is 5.51. The molecule has 0 saturated heterocycles. The molecule has 0 spiro atoms. The van der Waals surface area contributed by atoms with Gasteiger partial charge in [-0.25, -0.2) is 0 Å². The van der Waals surface area contributed by atoms with E-state index in [0.717, 1.165) is 29.9 Å². The molecule has 1 heterocycles. The Morgan fingerprint density at radius 3 is 2.82 bits per heavy atom. The lowest BCUT2D eigenvalue weighted by atomic mass is 10.1. The lowest BCUT2D eigenvalue weighted by molar-refractivity contribution is 0.875. The van der Waals surface area contributed by atoms with Gasteiger partial charge in [0.05, 0.1) is 5.52 Å². The number of aromatic nitrogens is 1. The zero-order chi connectivity index (χ0) is 12.3. The van der Waals surface area contributed by atoms with Crippen LogP contribution in [0.3, 0.4) is 0 Å². The number of rotatable bonds is 4. The highest BCUT2D eigenvalue weighted by atomic mass is 14.9.